The summed E-state index contributed by atoms with van der Waals surface area (Å²) in [7, 11) is 0. The molecule has 1 aromatic rings. The highest BCUT2D eigenvalue weighted by atomic mass is 32.2. The van der Waals surface area contributed by atoms with Crippen LogP contribution in [0.25, 0.3) is 0 Å². The molecule has 1 saturated heterocycles. The molecule has 0 spiro atoms. The predicted molar refractivity (Wildman–Crippen MR) is 39.3 cm³/mol. The summed E-state index contributed by atoms with van der Waals surface area (Å²) in [5.74, 6) is 1.13. The molecule has 1 aromatic heterocycles. The van der Waals surface area contributed by atoms with E-state index in [9.17, 15) is 0 Å². The summed E-state index contributed by atoms with van der Waals surface area (Å²) in [6.45, 7) is 1.03. The zero-order valence-corrected chi connectivity index (χ0v) is 6.15. The SMILES string of the molecule is c1cc([C]2NCCS2)no1. The van der Waals surface area contributed by atoms with Gasteiger partial charge in [0.15, 0.2) is 0 Å². The fourth-order valence-electron chi connectivity index (χ4n) is 0.863. The van der Waals surface area contributed by atoms with Gasteiger partial charge in [-0.25, -0.2) is 0 Å². The number of thioether (sulfide) groups is 1. The van der Waals surface area contributed by atoms with E-state index in [0.717, 1.165) is 23.4 Å². The van der Waals surface area contributed by atoms with Crippen LogP contribution < -0.4 is 5.32 Å². The van der Waals surface area contributed by atoms with Gasteiger partial charge in [-0.3, -0.25) is 5.32 Å². The summed E-state index contributed by atoms with van der Waals surface area (Å²) in [4.78, 5) is 0. The molecule has 2 rings (SSSR count). The van der Waals surface area contributed by atoms with E-state index in [1.807, 2.05) is 6.07 Å². The van der Waals surface area contributed by atoms with E-state index in [1.54, 1.807) is 18.0 Å². The Kier molecular flexibility index (Phi) is 1.65. The van der Waals surface area contributed by atoms with E-state index in [0.29, 0.717) is 0 Å². The van der Waals surface area contributed by atoms with Crippen molar-refractivity contribution in [2.24, 2.45) is 0 Å². The van der Waals surface area contributed by atoms with Gasteiger partial charge in [-0.15, -0.1) is 11.8 Å². The third-order valence-corrected chi connectivity index (χ3v) is 2.35. The zero-order chi connectivity index (χ0) is 6.81. The van der Waals surface area contributed by atoms with E-state index >= 15 is 0 Å². The molecular weight excluding hydrogens is 148 g/mol. The molecule has 3 nitrogen and oxygen atoms in total. The van der Waals surface area contributed by atoms with Gasteiger partial charge in [-0.1, -0.05) is 5.16 Å². The highest BCUT2D eigenvalue weighted by Gasteiger charge is 2.19. The molecule has 1 N–H and O–H groups in total. The third kappa shape index (κ3) is 1.04. The van der Waals surface area contributed by atoms with Crippen molar-refractivity contribution in [1.29, 1.82) is 0 Å². The summed E-state index contributed by atoms with van der Waals surface area (Å²) in [5, 5.41) is 8.15. The Morgan fingerprint density at radius 3 is 3.30 bits per heavy atom. The second-order valence-electron chi connectivity index (χ2n) is 1.99. The molecule has 0 amide bonds. The second kappa shape index (κ2) is 2.64. The minimum atomic E-state index is 0.919. The molecule has 53 valence electrons. The minimum Gasteiger partial charge on any atom is -0.364 e. The van der Waals surface area contributed by atoms with Gasteiger partial charge >= 0.3 is 0 Å². The van der Waals surface area contributed by atoms with Crippen molar-refractivity contribution >= 4 is 11.8 Å². The van der Waals surface area contributed by atoms with Crippen molar-refractivity contribution in [3.05, 3.63) is 23.4 Å². The van der Waals surface area contributed by atoms with Gasteiger partial charge in [0.1, 0.15) is 17.3 Å². The zero-order valence-electron chi connectivity index (χ0n) is 5.33. The maximum Gasteiger partial charge on any atom is 0.145 e. The topological polar surface area (TPSA) is 38.1 Å². The molecule has 4 heteroatoms. The smallest absolute Gasteiger partial charge is 0.145 e. The molecule has 0 aromatic carbocycles. The Labute approximate surface area is 63.2 Å². The van der Waals surface area contributed by atoms with Crippen LogP contribution in [0.5, 0.6) is 0 Å². The minimum absolute atomic E-state index is 0.919. The van der Waals surface area contributed by atoms with E-state index < -0.39 is 0 Å². The van der Waals surface area contributed by atoms with Gasteiger partial charge < -0.3 is 4.52 Å². The highest BCUT2D eigenvalue weighted by Crippen LogP contribution is 2.26. The molecule has 0 bridgehead atoms. The molecule has 1 fully saturated rings. The van der Waals surface area contributed by atoms with Crippen LogP contribution in [-0.2, 0) is 0 Å². The van der Waals surface area contributed by atoms with Crippen molar-refractivity contribution in [3.63, 3.8) is 0 Å². The fraction of sp³-hybridized carbons (Fsp3) is 0.333. The van der Waals surface area contributed by atoms with Gasteiger partial charge in [0, 0.05) is 18.4 Å². The molecular formula is C6H7N2OS. The predicted octanol–water partition coefficient (Wildman–Crippen LogP) is 0.849. The monoisotopic (exact) mass is 155 g/mol. The Balaban J connectivity index is 2.12. The molecule has 10 heavy (non-hydrogen) atoms. The lowest BCUT2D eigenvalue weighted by Crippen LogP contribution is -2.12. The van der Waals surface area contributed by atoms with Gasteiger partial charge in [0.05, 0.1) is 0 Å². The molecule has 1 aliphatic rings. The van der Waals surface area contributed by atoms with Crippen molar-refractivity contribution in [2.75, 3.05) is 12.3 Å². The summed E-state index contributed by atoms with van der Waals surface area (Å²) in [6.07, 6.45) is 1.59. The number of hydrogen-bond donors (Lipinski definition) is 1. The first kappa shape index (κ1) is 6.24. The lowest BCUT2D eigenvalue weighted by atomic mass is 10.4. The van der Waals surface area contributed by atoms with Crippen LogP contribution in [0, 0.1) is 5.37 Å². The van der Waals surface area contributed by atoms with Gasteiger partial charge in [0.2, 0.25) is 0 Å². The highest BCUT2D eigenvalue weighted by molar-refractivity contribution is 8.02. The summed E-state index contributed by atoms with van der Waals surface area (Å²) >= 11 is 1.78. The van der Waals surface area contributed by atoms with E-state index in [2.05, 4.69) is 10.5 Å². The molecule has 2 heterocycles. The Hall–Kier alpha value is -0.480. The maximum atomic E-state index is 4.70. The van der Waals surface area contributed by atoms with E-state index in [1.165, 1.54) is 0 Å². The second-order valence-corrected chi connectivity index (χ2v) is 3.09. The first-order chi connectivity index (χ1) is 4.97. The van der Waals surface area contributed by atoms with Crippen LogP contribution in [-0.4, -0.2) is 17.5 Å². The van der Waals surface area contributed by atoms with Crippen LogP contribution >= 0.6 is 11.8 Å². The quantitative estimate of drug-likeness (QED) is 0.652. The van der Waals surface area contributed by atoms with Crippen molar-refractivity contribution in [1.82, 2.24) is 10.5 Å². The standard InChI is InChI=1S/C6H7N2OS/c1-3-9-8-5(1)6-7-2-4-10-6/h1,3,7H,2,4H2. The fourth-order valence-corrected chi connectivity index (χ4v) is 1.73. The molecule has 0 aliphatic carbocycles. The maximum absolute atomic E-state index is 4.70. The molecule has 1 aliphatic heterocycles. The number of aromatic nitrogens is 1. The largest absolute Gasteiger partial charge is 0.364 e. The van der Waals surface area contributed by atoms with Gasteiger partial charge in [-0.2, -0.15) is 0 Å². The number of hydrogen-bond acceptors (Lipinski definition) is 4. The lowest BCUT2D eigenvalue weighted by molar-refractivity contribution is 0.414. The number of nitrogens with one attached hydrogen (secondary N) is 1. The first-order valence-corrected chi connectivity index (χ1v) is 4.10. The normalized spacial score (nSPS) is 20.0. The van der Waals surface area contributed by atoms with Crippen molar-refractivity contribution in [2.45, 2.75) is 0 Å². The van der Waals surface area contributed by atoms with Crippen LogP contribution in [0.4, 0.5) is 0 Å². The van der Waals surface area contributed by atoms with Crippen LogP contribution in [0.2, 0.25) is 0 Å². The van der Waals surface area contributed by atoms with Crippen LogP contribution in [0.3, 0.4) is 0 Å². The molecule has 0 atom stereocenters. The first-order valence-electron chi connectivity index (χ1n) is 3.11. The average molecular weight is 155 g/mol. The lowest BCUT2D eigenvalue weighted by Gasteiger charge is -1.99. The van der Waals surface area contributed by atoms with E-state index in [4.69, 9.17) is 4.52 Å². The van der Waals surface area contributed by atoms with Crippen molar-refractivity contribution in [3.8, 4) is 0 Å². The Morgan fingerprint density at radius 2 is 2.70 bits per heavy atom. The van der Waals surface area contributed by atoms with Gasteiger partial charge in [-0.05, 0) is 0 Å². The summed E-state index contributed by atoms with van der Waals surface area (Å²) < 4.78 is 4.70. The van der Waals surface area contributed by atoms with E-state index in [-0.39, 0.29) is 0 Å². The molecule has 0 unspecified atom stereocenters. The number of rotatable bonds is 1. The summed E-state index contributed by atoms with van der Waals surface area (Å²) in [6, 6.07) is 1.86. The molecule has 0 saturated carbocycles. The Morgan fingerprint density at radius 1 is 1.70 bits per heavy atom. The number of nitrogens with zero attached hydrogens (tertiary/aromatic N) is 1. The van der Waals surface area contributed by atoms with Crippen molar-refractivity contribution < 1.29 is 4.52 Å². The van der Waals surface area contributed by atoms with Crippen LogP contribution in [0.15, 0.2) is 16.9 Å². The molecule has 1 radical (unpaired) electrons. The Bertz CT molecular complexity index is 194. The van der Waals surface area contributed by atoms with Gasteiger partial charge in [0.25, 0.3) is 0 Å². The summed E-state index contributed by atoms with van der Waals surface area (Å²) in [5.41, 5.74) is 0.919. The average Bonchev–Trinajstić information content (AvgIpc) is 2.59. The third-order valence-electron chi connectivity index (χ3n) is 1.30. The van der Waals surface area contributed by atoms with Crippen LogP contribution in [0.1, 0.15) is 5.69 Å².